The van der Waals surface area contributed by atoms with Crippen molar-refractivity contribution in [1.29, 1.82) is 0 Å². The minimum Gasteiger partial charge on any atom is -0.334 e. The zero-order chi connectivity index (χ0) is 8.06. The van der Waals surface area contributed by atoms with Crippen molar-refractivity contribution in [1.82, 2.24) is 5.43 Å². The molecule has 0 spiro atoms. The number of nitrogens with one attached hydrogen (secondary N) is 1. The predicted octanol–water partition coefficient (Wildman–Crippen LogP) is -0.0814. The third-order valence-corrected chi connectivity index (χ3v) is 1.90. The van der Waals surface area contributed by atoms with E-state index in [1.165, 1.54) is 0 Å². The van der Waals surface area contributed by atoms with Crippen LogP contribution in [0.2, 0.25) is 0 Å². The summed E-state index contributed by atoms with van der Waals surface area (Å²) in [6.07, 6.45) is 1.93. The smallest absolute Gasteiger partial charge is 0.334 e. The van der Waals surface area contributed by atoms with Crippen LogP contribution in [0.3, 0.4) is 0 Å². The summed E-state index contributed by atoms with van der Waals surface area (Å²) in [5.41, 5.74) is 9.41. The highest BCUT2D eigenvalue weighted by Gasteiger charge is 2.42. The van der Waals surface area contributed by atoms with Gasteiger partial charge in [-0.05, 0) is 6.92 Å². The minimum atomic E-state index is 0. The van der Waals surface area contributed by atoms with Gasteiger partial charge < -0.3 is 5.73 Å². The van der Waals surface area contributed by atoms with Crippen LogP contribution < -0.4 is 11.2 Å². The highest BCUT2D eigenvalue weighted by molar-refractivity contribution is 5.95. The molecule has 0 saturated heterocycles. The lowest BCUT2D eigenvalue weighted by molar-refractivity contribution is -0.783. The van der Waals surface area contributed by atoms with E-state index >= 15 is 0 Å². The Bertz CT molecular complexity index is 305. The van der Waals surface area contributed by atoms with Gasteiger partial charge >= 0.3 is 5.96 Å². The second-order valence-electron chi connectivity index (χ2n) is 2.81. The van der Waals surface area contributed by atoms with Crippen LogP contribution >= 0.6 is 12.4 Å². The molecule has 0 bridgehead atoms. The van der Waals surface area contributed by atoms with Gasteiger partial charge in [-0.1, -0.05) is 14.8 Å². The lowest BCUT2D eigenvalue weighted by atomic mass is 10.4. The zero-order valence-corrected chi connectivity index (χ0v) is 7.72. The van der Waals surface area contributed by atoms with Crippen molar-refractivity contribution in [2.24, 2.45) is 15.9 Å². The minimum absolute atomic E-state index is 0. The third-order valence-electron chi connectivity index (χ3n) is 1.90. The van der Waals surface area contributed by atoms with Gasteiger partial charge in [0.15, 0.2) is 0 Å². The Balaban J connectivity index is 0.000000720. The molecular weight excluding hydrogens is 178 g/mol. The highest BCUT2D eigenvalue weighted by atomic mass is 35.5. The number of nitrogens with zero attached hydrogens (tertiary/aromatic N) is 3. The van der Waals surface area contributed by atoms with E-state index in [0.717, 1.165) is 11.5 Å². The van der Waals surface area contributed by atoms with Crippen LogP contribution in [0.15, 0.2) is 22.1 Å². The molecule has 0 fully saturated rings. The summed E-state index contributed by atoms with van der Waals surface area (Å²) in [6.45, 7) is 1.93. The quantitative estimate of drug-likeness (QED) is 0.523. The van der Waals surface area contributed by atoms with E-state index in [2.05, 4.69) is 15.6 Å². The maximum atomic E-state index is 5.63. The second kappa shape index (κ2) is 2.46. The normalized spacial score (nSPS) is 31.0. The Morgan fingerprint density at radius 1 is 1.58 bits per heavy atom. The molecule has 0 amide bonds. The summed E-state index contributed by atoms with van der Waals surface area (Å²) in [5.74, 6) is 1.40. The van der Waals surface area contributed by atoms with Gasteiger partial charge in [-0.15, -0.1) is 12.4 Å². The molecule has 2 aliphatic rings. The average Bonchev–Trinajstić information content (AvgIpc) is 2.32. The molecular formula is C6H11ClN5+. The summed E-state index contributed by atoms with van der Waals surface area (Å²) in [6, 6.07) is 0. The molecule has 0 saturated carbocycles. The van der Waals surface area contributed by atoms with Crippen LogP contribution in [-0.4, -0.2) is 23.3 Å². The highest BCUT2D eigenvalue weighted by Crippen LogP contribution is 2.23. The molecule has 6 heteroatoms. The van der Waals surface area contributed by atoms with Gasteiger partial charge in [0.2, 0.25) is 0 Å². The Kier molecular flexibility index (Phi) is 1.85. The van der Waals surface area contributed by atoms with Crippen molar-refractivity contribution in [3.8, 4) is 0 Å². The molecule has 0 aromatic heterocycles. The first-order valence-corrected chi connectivity index (χ1v) is 3.38. The van der Waals surface area contributed by atoms with Gasteiger partial charge in [-0.2, -0.15) is 0 Å². The van der Waals surface area contributed by atoms with E-state index in [1.54, 1.807) is 0 Å². The van der Waals surface area contributed by atoms with Crippen molar-refractivity contribution >= 4 is 24.1 Å². The first-order chi connectivity index (χ1) is 5.13. The number of hydrogen-bond donors (Lipinski definition) is 2. The van der Waals surface area contributed by atoms with E-state index in [4.69, 9.17) is 5.73 Å². The molecule has 0 radical (unpaired) electrons. The van der Waals surface area contributed by atoms with Crippen LogP contribution in [0.4, 0.5) is 0 Å². The van der Waals surface area contributed by atoms with Gasteiger partial charge in [0.05, 0.1) is 0 Å². The molecule has 66 valence electrons. The summed E-state index contributed by atoms with van der Waals surface area (Å²) < 4.78 is 0.256. The molecule has 2 heterocycles. The molecule has 0 aromatic rings. The van der Waals surface area contributed by atoms with Crippen LogP contribution in [0.1, 0.15) is 6.92 Å². The van der Waals surface area contributed by atoms with Gasteiger partial charge in [0.1, 0.15) is 12.8 Å². The van der Waals surface area contributed by atoms with Crippen LogP contribution in [-0.2, 0) is 0 Å². The number of halogens is 1. The summed E-state index contributed by atoms with van der Waals surface area (Å²) in [7, 11) is 1.89. The molecule has 5 nitrogen and oxygen atoms in total. The fraction of sp³-hybridized carbons (Fsp3) is 0.333. The summed E-state index contributed by atoms with van der Waals surface area (Å²) in [4.78, 5) is 0. The zero-order valence-electron chi connectivity index (χ0n) is 6.90. The van der Waals surface area contributed by atoms with Crippen LogP contribution in [0, 0.1) is 0 Å². The standard InChI is InChI=1S/C6H10N5.ClH/c1-4-3-5-8-9-6(7)11(5,2)10-4;/h3,8H,1-2H3,(H2,7,9);1H/q+1;. The van der Waals surface area contributed by atoms with Crippen LogP contribution in [0.5, 0.6) is 0 Å². The van der Waals surface area contributed by atoms with Crippen molar-refractivity contribution in [2.75, 3.05) is 7.05 Å². The maximum Gasteiger partial charge on any atom is 0.350 e. The van der Waals surface area contributed by atoms with E-state index in [9.17, 15) is 0 Å². The number of quaternary nitrogens is 1. The third kappa shape index (κ3) is 0.904. The first-order valence-electron chi connectivity index (χ1n) is 3.38. The number of nitrogens with two attached hydrogens (primary N) is 1. The van der Waals surface area contributed by atoms with Gasteiger partial charge in [0, 0.05) is 6.08 Å². The predicted molar refractivity (Wildman–Crippen MR) is 49.4 cm³/mol. The largest absolute Gasteiger partial charge is 0.350 e. The van der Waals surface area contributed by atoms with Gasteiger partial charge in [0.25, 0.3) is 5.82 Å². The summed E-state index contributed by atoms with van der Waals surface area (Å²) in [5, 5.41) is 8.17. The van der Waals surface area contributed by atoms with Gasteiger partial charge in [-0.25, -0.2) is 5.43 Å². The Labute approximate surface area is 76.6 Å². The number of hydrogen-bond acceptors (Lipinski definition) is 4. The first kappa shape index (κ1) is 9.02. The van der Waals surface area contributed by atoms with Gasteiger partial charge in [-0.3, -0.25) is 0 Å². The maximum absolute atomic E-state index is 5.63. The lowest BCUT2D eigenvalue weighted by Crippen LogP contribution is -2.44. The Hall–Kier alpha value is -1.07. The van der Waals surface area contributed by atoms with E-state index in [-0.39, 0.29) is 17.0 Å². The summed E-state index contributed by atoms with van der Waals surface area (Å²) >= 11 is 0. The molecule has 2 aliphatic heterocycles. The molecule has 2 rings (SSSR count). The lowest BCUT2D eigenvalue weighted by Gasteiger charge is -2.15. The molecule has 0 aliphatic carbocycles. The monoisotopic (exact) mass is 188 g/mol. The molecule has 1 unspecified atom stereocenters. The van der Waals surface area contributed by atoms with Crippen molar-refractivity contribution in [2.45, 2.75) is 6.92 Å². The van der Waals surface area contributed by atoms with Crippen molar-refractivity contribution in [3.05, 3.63) is 11.9 Å². The Morgan fingerprint density at radius 3 is 2.83 bits per heavy atom. The van der Waals surface area contributed by atoms with E-state index < -0.39 is 0 Å². The molecule has 1 atom stereocenters. The fourth-order valence-electron chi connectivity index (χ4n) is 1.24. The number of hydrazone groups is 1. The second-order valence-corrected chi connectivity index (χ2v) is 2.81. The number of allylic oxidation sites excluding steroid dienone is 1. The number of rotatable bonds is 0. The molecule has 3 N–H and O–H groups in total. The van der Waals surface area contributed by atoms with Crippen LogP contribution in [0.25, 0.3) is 0 Å². The van der Waals surface area contributed by atoms with Crippen molar-refractivity contribution in [3.63, 3.8) is 0 Å². The van der Waals surface area contributed by atoms with E-state index in [0.29, 0.717) is 5.96 Å². The van der Waals surface area contributed by atoms with E-state index in [1.807, 2.05) is 20.0 Å². The molecule has 12 heavy (non-hydrogen) atoms. The SMILES string of the molecule is CC1=N[N+]2(C)C(=C1)NN=C2N.Cl. The Morgan fingerprint density at radius 2 is 2.25 bits per heavy atom. The fourth-order valence-corrected chi connectivity index (χ4v) is 1.24. The number of guanidine groups is 1. The number of fused-ring (bicyclic) bond motifs is 1. The van der Waals surface area contributed by atoms with Crippen molar-refractivity contribution < 1.29 is 4.59 Å². The average molecular weight is 189 g/mol. The molecule has 0 aromatic carbocycles. The topological polar surface area (TPSA) is 62.8 Å².